The Bertz CT molecular complexity index is 997. The van der Waals surface area contributed by atoms with E-state index in [1.54, 1.807) is 4.90 Å². The summed E-state index contributed by atoms with van der Waals surface area (Å²) >= 11 is 6.14. The van der Waals surface area contributed by atoms with Crippen molar-refractivity contribution in [1.29, 1.82) is 0 Å². The molecule has 2 aliphatic rings. The highest BCUT2D eigenvalue weighted by Crippen LogP contribution is 2.31. The number of benzene rings is 1. The second kappa shape index (κ2) is 7.84. The fourth-order valence-corrected chi connectivity index (χ4v) is 4.27. The Labute approximate surface area is 175 Å². The summed E-state index contributed by atoms with van der Waals surface area (Å²) in [6.07, 6.45) is 2.24. The summed E-state index contributed by atoms with van der Waals surface area (Å²) in [5.41, 5.74) is 1.51. The van der Waals surface area contributed by atoms with Crippen LogP contribution in [0.2, 0.25) is 5.02 Å². The maximum Gasteiger partial charge on any atom is 0.274 e. The zero-order chi connectivity index (χ0) is 20.7. The van der Waals surface area contributed by atoms with Crippen LogP contribution in [0.3, 0.4) is 0 Å². The molecule has 0 spiro atoms. The van der Waals surface area contributed by atoms with E-state index in [-0.39, 0.29) is 17.6 Å². The molecule has 1 aliphatic carbocycles. The summed E-state index contributed by atoms with van der Waals surface area (Å²) in [6.45, 7) is 6.28. The molecule has 29 heavy (non-hydrogen) atoms. The Kier molecular flexibility index (Phi) is 5.40. The smallest absolute Gasteiger partial charge is 0.274 e. The molecule has 2 aromatic rings. The first-order valence-corrected chi connectivity index (χ1v) is 10.5. The molecule has 1 aromatic heterocycles. The van der Waals surface area contributed by atoms with Crippen LogP contribution in [0.4, 0.5) is 0 Å². The van der Waals surface area contributed by atoms with Crippen LogP contribution in [0.5, 0.6) is 5.75 Å². The fraction of sp³-hybridized carbons (Fsp3) is 0.455. The number of hydrogen-bond acceptors (Lipinski definition) is 4. The number of halogens is 1. The van der Waals surface area contributed by atoms with E-state index >= 15 is 0 Å². The first-order chi connectivity index (χ1) is 13.8. The first-order valence-electron chi connectivity index (χ1n) is 10.1. The van der Waals surface area contributed by atoms with E-state index in [0.29, 0.717) is 30.7 Å². The van der Waals surface area contributed by atoms with Crippen LogP contribution in [-0.4, -0.2) is 44.0 Å². The van der Waals surface area contributed by atoms with Gasteiger partial charge in [0.05, 0.1) is 0 Å². The Hall–Kier alpha value is -2.31. The maximum absolute atomic E-state index is 12.9. The highest BCUT2D eigenvalue weighted by Gasteiger charge is 2.34. The normalized spacial score (nSPS) is 16.6. The van der Waals surface area contributed by atoms with Crippen molar-refractivity contribution in [3.63, 3.8) is 0 Å². The number of rotatable bonds is 6. The lowest BCUT2D eigenvalue weighted by Gasteiger charge is -2.35. The van der Waals surface area contributed by atoms with Crippen LogP contribution in [0.15, 0.2) is 35.1 Å². The van der Waals surface area contributed by atoms with Gasteiger partial charge < -0.3 is 14.6 Å². The number of amides is 1. The zero-order valence-corrected chi connectivity index (χ0v) is 17.5. The van der Waals surface area contributed by atoms with Gasteiger partial charge in [0, 0.05) is 55.0 Å². The van der Waals surface area contributed by atoms with Crippen LogP contribution in [0, 0.1) is 0 Å². The van der Waals surface area contributed by atoms with Gasteiger partial charge in [0.25, 0.3) is 5.91 Å². The first kappa shape index (κ1) is 20.0. The van der Waals surface area contributed by atoms with Crippen molar-refractivity contribution in [3.05, 3.63) is 62.5 Å². The van der Waals surface area contributed by atoms with Gasteiger partial charge in [0.2, 0.25) is 5.43 Å². The summed E-state index contributed by atoms with van der Waals surface area (Å²) in [4.78, 5) is 29.4. The molecule has 1 fully saturated rings. The third-order valence-corrected chi connectivity index (χ3v) is 5.96. The van der Waals surface area contributed by atoms with Crippen LogP contribution in [0.25, 0.3) is 0 Å². The number of pyridine rings is 1. The summed E-state index contributed by atoms with van der Waals surface area (Å²) in [5.74, 6) is -0.729. The molecule has 0 bridgehead atoms. The molecule has 0 unspecified atom stereocenters. The van der Waals surface area contributed by atoms with Gasteiger partial charge in [-0.2, -0.15) is 0 Å². The van der Waals surface area contributed by atoms with Gasteiger partial charge in [-0.1, -0.05) is 23.7 Å². The lowest BCUT2D eigenvalue weighted by molar-refractivity contribution is 0.0637. The van der Waals surface area contributed by atoms with E-state index in [1.165, 1.54) is 6.07 Å². The van der Waals surface area contributed by atoms with E-state index < -0.39 is 11.2 Å². The van der Waals surface area contributed by atoms with Crippen LogP contribution in [-0.2, 0) is 19.6 Å². The Morgan fingerprint density at radius 1 is 1.17 bits per heavy atom. The van der Waals surface area contributed by atoms with Crippen molar-refractivity contribution in [2.45, 2.75) is 58.4 Å². The molecule has 154 valence electrons. The third-order valence-electron chi connectivity index (χ3n) is 5.73. The predicted molar refractivity (Wildman–Crippen MR) is 112 cm³/mol. The minimum Gasteiger partial charge on any atom is -0.503 e. The van der Waals surface area contributed by atoms with Crippen molar-refractivity contribution >= 4 is 17.5 Å². The van der Waals surface area contributed by atoms with Gasteiger partial charge in [-0.3, -0.25) is 14.5 Å². The summed E-state index contributed by atoms with van der Waals surface area (Å²) in [6, 6.07) is 9.75. The molecule has 1 saturated carbocycles. The largest absolute Gasteiger partial charge is 0.503 e. The van der Waals surface area contributed by atoms with Crippen molar-refractivity contribution in [3.8, 4) is 5.75 Å². The number of carbonyl (C=O) groups is 1. The van der Waals surface area contributed by atoms with Crippen molar-refractivity contribution in [2.75, 3.05) is 6.54 Å². The number of aromatic nitrogens is 1. The molecule has 6 nitrogen and oxygen atoms in total. The Balaban J connectivity index is 1.67. The average molecular weight is 416 g/mol. The average Bonchev–Trinajstić information content (AvgIpc) is 3.50. The predicted octanol–water partition coefficient (Wildman–Crippen LogP) is 3.24. The molecule has 0 saturated heterocycles. The van der Waals surface area contributed by atoms with Gasteiger partial charge >= 0.3 is 0 Å². The Morgan fingerprint density at radius 2 is 1.93 bits per heavy atom. The lowest BCUT2D eigenvalue weighted by Crippen LogP contribution is -2.46. The third kappa shape index (κ3) is 4.05. The SMILES string of the molecule is CC(C)N1CCn2c(CN(Cc3cccc(Cl)c3)C3CC3)cc(=O)c(O)c2C1=O. The fourth-order valence-electron chi connectivity index (χ4n) is 4.06. The number of aromatic hydroxyl groups is 1. The van der Waals surface area contributed by atoms with Crippen LogP contribution < -0.4 is 5.43 Å². The zero-order valence-electron chi connectivity index (χ0n) is 16.8. The maximum atomic E-state index is 12.9. The molecular weight excluding hydrogens is 390 g/mol. The van der Waals surface area contributed by atoms with E-state index in [2.05, 4.69) is 4.90 Å². The van der Waals surface area contributed by atoms with Crippen molar-refractivity contribution < 1.29 is 9.90 Å². The van der Waals surface area contributed by atoms with E-state index in [1.807, 2.05) is 42.7 Å². The highest BCUT2D eigenvalue weighted by atomic mass is 35.5. The van der Waals surface area contributed by atoms with E-state index in [4.69, 9.17) is 11.6 Å². The molecule has 1 aliphatic heterocycles. The molecule has 0 radical (unpaired) electrons. The number of fused-ring (bicyclic) bond motifs is 1. The molecule has 0 atom stereocenters. The van der Waals surface area contributed by atoms with E-state index in [9.17, 15) is 14.7 Å². The molecular formula is C22H26ClN3O3. The molecule has 1 aromatic carbocycles. The lowest BCUT2D eigenvalue weighted by atomic mass is 10.1. The van der Waals surface area contributed by atoms with Gasteiger partial charge in [-0.05, 0) is 44.4 Å². The van der Waals surface area contributed by atoms with Gasteiger partial charge in [-0.15, -0.1) is 0 Å². The number of carbonyl (C=O) groups excluding carboxylic acids is 1. The van der Waals surface area contributed by atoms with Gasteiger partial charge in [0.15, 0.2) is 11.4 Å². The van der Waals surface area contributed by atoms with Crippen LogP contribution in [0.1, 0.15) is 48.4 Å². The second-order valence-electron chi connectivity index (χ2n) is 8.21. The summed E-state index contributed by atoms with van der Waals surface area (Å²) < 4.78 is 1.82. The monoisotopic (exact) mass is 415 g/mol. The molecule has 7 heteroatoms. The van der Waals surface area contributed by atoms with Crippen LogP contribution >= 0.6 is 11.6 Å². The molecule has 1 N–H and O–H groups in total. The second-order valence-corrected chi connectivity index (χ2v) is 8.64. The van der Waals surface area contributed by atoms with E-state index in [0.717, 1.165) is 30.6 Å². The highest BCUT2D eigenvalue weighted by molar-refractivity contribution is 6.30. The molecule has 2 heterocycles. The van der Waals surface area contributed by atoms with Crippen molar-refractivity contribution in [1.82, 2.24) is 14.4 Å². The minimum absolute atomic E-state index is 0.0141. The Morgan fingerprint density at radius 3 is 2.59 bits per heavy atom. The molecule has 4 rings (SSSR count). The quantitative estimate of drug-likeness (QED) is 0.786. The van der Waals surface area contributed by atoms with Gasteiger partial charge in [0.1, 0.15) is 0 Å². The van der Waals surface area contributed by atoms with Crippen molar-refractivity contribution in [2.24, 2.45) is 0 Å². The summed E-state index contributed by atoms with van der Waals surface area (Å²) in [5, 5.41) is 11.1. The molecule has 1 amide bonds. The van der Waals surface area contributed by atoms with Gasteiger partial charge in [-0.25, -0.2) is 0 Å². The topological polar surface area (TPSA) is 65.8 Å². The standard InChI is InChI=1S/C22H26ClN3O3/c1-14(2)25-8-9-26-18(11-19(27)21(28)20(26)22(25)29)13-24(17-6-7-17)12-15-4-3-5-16(23)10-15/h3-5,10-11,14,17,28H,6-9,12-13H2,1-2H3. The summed E-state index contributed by atoms with van der Waals surface area (Å²) in [7, 11) is 0. The number of nitrogens with zero attached hydrogens (tertiary/aromatic N) is 3. The minimum atomic E-state index is -0.497. The number of hydrogen-bond donors (Lipinski definition) is 1.